The van der Waals surface area contributed by atoms with Gasteiger partial charge in [-0.3, -0.25) is 15.8 Å². The SMILES string of the molecule is OO[Si](O)(OO)OO. The summed E-state index contributed by atoms with van der Waals surface area (Å²) in [6.45, 7) is 0. The van der Waals surface area contributed by atoms with Crippen LogP contribution in [0.3, 0.4) is 0 Å². The summed E-state index contributed by atoms with van der Waals surface area (Å²) in [5.41, 5.74) is 0. The second-order valence-corrected chi connectivity index (χ2v) is 2.39. The molecule has 0 unspecified atom stereocenters. The third-order valence-corrected chi connectivity index (χ3v) is 1.04. The molecule has 0 aromatic heterocycles. The maximum atomic E-state index is 8.16. The highest BCUT2D eigenvalue weighted by Gasteiger charge is 2.44. The third kappa shape index (κ3) is 1.81. The first-order chi connectivity index (χ1) is 3.68. The molecule has 0 aliphatic rings. The van der Waals surface area contributed by atoms with Crippen LogP contribution in [-0.2, 0) is 13.7 Å². The Balaban J connectivity index is 3.58. The van der Waals surface area contributed by atoms with E-state index in [1.165, 1.54) is 0 Å². The summed E-state index contributed by atoms with van der Waals surface area (Å²) in [5.74, 6) is 0. The zero-order chi connectivity index (χ0) is 6.62. The second kappa shape index (κ2) is 3.06. The summed E-state index contributed by atoms with van der Waals surface area (Å²) in [7, 11) is -4.50. The van der Waals surface area contributed by atoms with Crippen LogP contribution in [-0.4, -0.2) is 29.6 Å². The topological polar surface area (TPSA) is 109 Å². The molecule has 0 aliphatic carbocycles. The minimum absolute atomic E-state index is 2.99. The van der Waals surface area contributed by atoms with E-state index in [4.69, 9.17) is 20.6 Å². The van der Waals surface area contributed by atoms with Crippen molar-refractivity contribution in [1.82, 2.24) is 0 Å². The van der Waals surface area contributed by atoms with Crippen molar-refractivity contribution in [3.05, 3.63) is 0 Å². The van der Waals surface area contributed by atoms with Crippen LogP contribution < -0.4 is 0 Å². The van der Waals surface area contributed by atoms with Crippen molar-refractivity contribution in [1.29, 1.82) is 0 Å². The van der Waals surface area contributed by atoms with Gasteiger partial charge in [-0.15, -0.1) is 0 Å². The molecule has 50 valence electrons. The zero-order valence-electron chi connectivity index (χ0n) is 3.51. The van der Waals surface area contributed by atoms with Crippen molar-refractivity contribution < 1.29 is 34.3 Å². The van der Waals surface area contributed by atoms with Gasteiger partial charge in [0.25, 0.3) is 0 Å². The molecule has 0 aromatic carbocycles. The van der Waals surface area contributed by atoms with Crippen molar-refractivity contribution in [3.63, 3.8) is 0 Å². The van der Waals surface area contributed by atoms with E-state index in [1.807, 2.05) is 0 Å². The van der Waals surface area contributed by atoms with Crippen molar-refractivity contribution in [2.75, 3.05) is 0 Å². The lowest BCUT2D eigenvalue weighted by Gasteiger charge is -2.08. The van der Waals surface area contributed by atoms with Crippen LogP contribution in [0.25, 0.3) is 0 Å². The van der Waals surface area contributed by atoms with E-state index in [0.717, 1.165) is 0 Å². The van der Waals surface area contributed by atoms with E-state index >= 15 is 0 Å². The van der Waals surface area contributed by atoms with E-state index in [-0.39, 0.29) is 0 Å². The fraction of sp³-hybridized carbons (Fsp3) is 0. The summed E-state index contributed by atoms with van der Waals surface area (Å²) >= 11 is 0. The van der Waals surface area contributed by atoms with E-state index in [1.54, 1.807) is 0 Å². The van der Waals surface area contributed by atoms with Gasteiger partial charge in [-0.1, -0.05) is 0 Å². The largest absolute Gasteiger partial charge is 0.761 e. The number of hydrogen-bond donors (Lipinski definition) is 4. The molecule has 0 atom stereocenters. The van der Waals surface area contributed by atoms with Gasteiger partial charge in [0, 0.05) is 0 Å². The molecule has 7 nitrogen and oxygen atoms in total. The van der Waals surface area contributed by atoms with Crippen molar-refractivity contribution >= 4 is 9.05 Å². The highest BCUT2D eigenvalue weighted by molar-refractivity contribution is 6.50. The first-order valence-corrected chi connectivity index (χ1v) is 3.06. The molecule has 0 bridgehead atoms. The third-order valence-electron chi connectivity index (χ3n) is 0.346. The summed E-state index contributed by atoms with van der Waals surface area (Å²) in [6, 6.07) is 0. The monoisotopic (exact) mass is 144 g/mol. The quantitative estimate of drug-likeness (QED) is 0.226. The Labute approximate surface area is 44.6 Å². The standard InChI is InChI=1S/H4O7Si/c1-5-8(4,6-2)7-3/h1-4H. The molecule has 0 amide bonds. The lowest BCUT2D eigenvalue weighted by atomic mass is 14.9. The van der Waals surface area contributed by atoms with Gasteiger partial charge in [-0.05, 0) is 0 Å². The Hall–Kier alpha value is -0.0631. The van der Waals surface area contributed by atoms with Crippen molar-refractivity contribution in [3.8, 4) is 0 Å². The molecular weight excluding hydrogens is 140 g/mol. The molecule has 4 N–H and O–H groups in total. The number of rotatable bonds is 3. The predicted molar refractivity (Wildman–Crippen MR) is 19.1 cm³/mol. The van der Waals surface area contributed by atoms with E-state index in [0.29, 0.717) is 0 Å². The molecule has 0 aromatic rings. The molecule has 0 heterocycles. The van der Waals surface area contributed by atoms with Crippen LogP contribution in [0.5, 0.6) is 0 Å². The molecule has 0 aliphatic heterocycles. The lowest BCUT2D eigenvalue weighted by Crippen LogP contribution is -2.43. The zero-order valence-corrected chi connectivity index (χ0v) is 4.51. The highest BCUT2D eigenvalue weighted by atomic mass is 28.4. The van der Waals surface area contributed by atoms with Gasteiger partial charge in [0.2, 0.25) is 0 Å². The van der Waals surface area contributed by atoms with Crippen LogP contribution in [0, 0.1) is 0 Å². The molecule has 0 saturated carbocycles. The van der Waals surface area contributed by atoms with Crippen LogP contribution in [0.15, 0.2) is 0 Å². The normalized spacial score (nSPS) is 12.0. The first kappa shape index (κ1) is 7.94. The predicted octanol–water partition coefficient (Wildman–Crippen LogP) is -1.12. The van der Waals surface area contributed by atoms with Crippen molar-refractivity contribution in [2.24, 2.45) is 0 Å². The van der Waals surface area contributed by atoms with Crippen LogP contribution in [0.1, 0.15) is 0 Å². The van der Waals surface area contributed by atoms with E-state index < -0.39 is 9.05 Å². The lowest BCUT2D eigenvalue weighted by molar-refractivity contribution is -0.343. The Morgan fingerprint density at radius 3 is 1.12 bits per heavy atom. The highest BCUT2D eigenvalue weighted by Crippen LogP contribution is 1.96. The summed E-state index contributed by atoms with van der Waals surface area (Å²) in [6.07, 6.45) is 0. The average Bonchev–Trinajstić information content (AvgIpc) is 1.87. The molecular formula is H4O7Si. The molecule has 0 fully saturated rings. The Bertz CT molecular complexity index is 47.1. The first-order valence-electron chi connectivity index (χ1n) is 1.38. The van der Waals surface area contributed by atoms with Gasteiger partial charge < -0.3 is 4.80 Å². The molecule has 8 heteroatoms. The van der Waals surface area contributed by atoms with Gasteiger partial charge in [-0.2, -0.15) is 13.7 Å². The minimum atomic E-state index is -4.50. The molecule has 0 saturated heterocycles. The minimum Gasteiger partial charge on any atom is -0.363 e. The van der Waals surface area contributed by atoms with Gasteiger partial charge in [-0.25, -0.2) is 0 Å². The fourth-order valence-corrected chi connectivity index (χ4v) is 0.150. The molecule has 8 heavy (non-hydrogen) atoms. The van der Waals surface area contributed by atoms with Gasteiger partial charge in [0.1, 0.15) is 0 Å². The maximum Gasteiger partial charge on any atom is 0.761 e. The van der Waals surface area contributed by atoms with Gasteiger partial charge in [0.15, 0.2) is 0 Å². The Morgan fingerprint density at radius 2 is 1.12 bits per heavy atom. The average molecular weight is 144 g/mol. The summed E-state index contributed by atoms with van der Waals surface area (Å²) < 4.78 is 8.96. The molecule has 0 radical (unpaired) electrons. The van der Waals surface area contributed by atoms with Crippen molar-refractivity contribution in [2.45, 2.75) is 0 Å². The summed E-state index contributed by atoms with van der Waals surface area (Å²) in [5, 5.41) is 22.6. The van der Waals surface area contributed by atoms with Crippen LogP contribution in [0.2, 0.25) is 0 Å². The smallest absolute Gasteiger partial charge is 0.363 e. The molecule has 0 spiro atoms. The van der Waals surface area contributed by atoms with E-state index in [2.05, 4.69) is 13.7 Å². The Morgan fingerprint density at radius 1 is 0.875 bits per heavy atom. The van der Waals surface area contributed by atoms with Gasteiger partial charge >= 0.3 is 9.05 Å². The van der Waals surface area contributed by atoms with Crippen LogP contribution in [0.4, 0.5) is 0 Å². The van der Waals surface area contributed by atoms with E-state index in [9.17, 15) is 0 Å². The molecule has 0 rings (SSSR count). The second-order valence-electron chi connectivity index (χ2n) is 0.798. The maximum absolute atomic E-state index is 8.16. The summed E-state index contributed by atoms with van der Waals surface area (Å²) in [4.78, 5) is 8.16. The fourth-order valence-electron chi connectivity index (χ4n) is 0.0500. The Kier molecular flexibility index (Phi) is 3.04. The van der Waals surface area contributed by atoms with Crippen LogP contribution >= 0.6 is 0 Å². The number of hydrogen-bond acceptors (Lipinski definition) is 7. The van der Waals surface area contributed by atoms with Gasteiger partial charge in [0.05, 0.1) is 0 Å².